The Morgan fingerprint density at radius 3 is 2.77 bits per heavy atom. The molecule has 1 aromatic heterocycles. The van der Waals surface area contributed by atoms with Gasteiger partial charge in [0.25, 0.3) is 0 Å². The van der Waals surface area contributed by atoms with Crippen molar-refractivity contribution in [2.24, 2.45) is 0 Å². The van der Waals surface area contributed by atoms with E-state index in [1.54, 1.807) is 11.3 Å². The van der Waals surface area contributed by atoms with Crippen LogP contribution in [0.4, 0.5) is 0 Å². The Labute approximate surface area is 92.0 Å². The molecule has 72 valence electrons. The first kappa shape index (κ1) is 11.0. The van der Waals surface area contributed by atoms with Gasteiger partial charge in [0.2, 0.25) is 0 Å². The Morgan fingerprint density at radius 2 is 2.38 bits per heavy atom. The van der Waals surface area contributed by atoms with Gasteiger partial charge in [-0.15, -0.1) is 17.9 Å². The minimum Gasteiger partial charge on any atom is -0.312 e. The smallest absolute Gasteiger partial charge is 0.0701 e. The Kier molecular flexibility index (Phi) is 4.16. The third-order valence-electron chi connectivity index (χ3n) is 1.84. The summed E-state index contributed by atoms with van der Waals surface area (Å²) in [5, 5.41) is 3.29. The van der Waals surface area contributed by atoms with Gasteiger partial charge < -0.3 is 5.32 Å². The highest BCUT2D eigenvalue weighted by molar-refractivity contribution is 9.11. The molecule has 1 N–H and O–H groups in total. The van der Waals surface area contributed by atoms with Crippen LogP contribution in [0, 0.1) is 0 Å². The molecule has 0 saturated carbocycles. The molecule has 0 radical (unpaired) electrons. The van der Waals surface area contributed by atoms with E-state index in [9.17, 15) is 0 Å². The van der Waals surface area contributed by atoms with Gasteiger partial charge in [0.1, 0.15) is 0 Å². The fraction of sp³-hybridized carbons (Fsp3) is 0.400. The van der Waals surface area contributed by atoms with Crippen LogP contribution >= 0.6 is 27.3 Å². The second-order valence-electron chi connectivity index (χ2n) is 3.14. The van der Waals surface area contributed by atoms with E-state index < -0.39 is 0 Å². The van der Waals surface area contributed by atoms with Gasteiger partial charge in [-0.1, -0.05) is 5.57 Å². The molecule has 1 nitrogen and oxygen atoms in total. The van der Waals surface area contributed by atoms with E-state index >= 15 is 0 Å². The lowest BCUT2D eigenvalue weighted by molar-refractivity contribution is 0.600. The molecule has 3 heteroatoms. The van der Waals surface area contributed by atoms with Crippen molar-refractivity contribution in [1.29, 1.82) is 0 Å². The van der Waals surface area contributed by atoms with Gasteiger partial charge in [0.05, 0.1) is 3.79 Å². The first-order valence-corrected chi connectivity index (χ1v) is 5.81. The lowest BCUT2D eigenvalue weighted by Crippen LogP contribution is -2.15. The monoisotopic (exact) mass is 259 g/mol. The summed E-state index contributed by atoms with van der Waals surface area (Å²) in [4.78, 5) is 1.36. The van der Waals surface area contributed by atoms with Crippen LogP contribution in [0.2, 0.25) is 0 Å². The predicted molar refractivity (Wildman–Crippen MR) is 63.3 cm³/mol. The summed E-state index contributed by atoms with van der Waals surface area (Å²) >= 11 is 5.24. The maximum Gasteiger partial charge on any atom is 0.0701 e. The standard InChI is InChI=1S/C10H14BrNS/c1-7(2)6-8(12-3)9-4-5-10(11)13-9/h4-5,8,12H,1,6H2,2-3H3. The van der Waals surface area contributed by atoms with Gasteiger partial charge >= 0.3 is 0 Å². The van der Waals surface area contributed by atoms with Crippen LogP contribution in [-0.2, 0) is 0 Å². The quantitative estimate of drug-likeness (QED) is 0.813. The molecule has 0 aromatic carbocycles. The highest BCUT2D eigenvalue weighted by Crippen LogP contribution is 2.29. The minimum absolute atomic E-state index is 0.411. The van der Waals surface area contributed by atoms with Crippen molar-refractivity contribution in [3.8, 4) is 0 Å². The molecule has 13 heavy (non-hydrogen) atoms. The molecule has 1 unspecified atom stereocenters. The average molecular weight is 260 g/mol. The van der Waals surface area contributed by atoms with E-state index in [2.05, 4.69) is 46.9 Å². The van der Waals surface area contributed by atoms with Crippen LogP contribution < -0.4 is 5.32 Å². The highest BCUT2D eigenvalue weighted by atomic mass is 79.9. The molecule has 0 aliphatic carbocycles. The largest absolute Gasteiger partial charge is 0.312 e. The van der Waals surface area contributed by atoms with Crippen molar-refractivity contribution in [2.45, 2.75) is 19.4 Å². The summed E-state index contributed by atoms with van der Waals surface area (Å²) in [5.41, 5.74) is 1.21. The zero-order valence-electron chi connectivity index (χ0n) is 7.93. The van der Waals surface area contributed by atoms with Crippen molar-refractivity contribution >= 4 is 27.3 Å². The molecule has 1 rings (SSSR count). The highest BCUT2D eigenvalue weighted by Gasteiger charge is 2.10. The Balaban J connectivity index is 2.72. The van der Waals surface area contributed by atoms with E-state index in [1.165, 1.54) is 14.2 Å². The number of hydrogen-bond acceptors (Lipinski definition) is 2. The number of hydrogen-bond donors (Lipinski definition) is 1. The molecular formula is C10H14BrNS. The maximum absolute atomic E-state index is 3.93. The van der Waals surface area contributed by atoms with E-state index in [0.29, 0.717) is 6.04 Å². The molecular weight excluding hydrogens is 246 g/mol. The molecule has 0 saturated heterocycles. The van der Waals surface area contributed by atoms with Gasteiger partial charge in [0.15, 0.2) is 0 Å². The molecule has 1 aromatic rings. The van der Waals surface area contributed by atoms with Crippen molar-refractivity contribution in [2.75, 3.05) is 7.05 Å². The summed E-state index contributed by atoms with van der Waals surface area (Å²) in [5.74, 6) is 0. The van der Waals surface area contributed by atoms with Crippen molar-refractivity contribution in [3.05, 3.63) is 32.9 Å². The molecule has 0 aliphatic rings. The molecule has 0 fully saturated rings. The zero-order valence-corrected chi connectivity index (χ0v) is 10.3. The predicted octanol–water partition coefficient (Wildman–Crippen LogP) is 3.74. The number of halogens is 1. The van der Waals surface area contributed by atoms with Crippen molar-refractivity contribution < 1.29 is 0 Å². The Hall–Kier alpha value is -0.120. The van der Waals surface area contributed by atoms with Crippen LogP contribution in [0.1, 0.15) is 24.3 Å². The third-order valence-corrected chi connectivity index (χ3v) is 3.58. The van der Waals surface area contributed by atoms with Gasteiger partial charge in [-0.25, -0.2) is 0 Å². The first-order valence-electron chi connectivity index (χ1n) is 4.20. The van der Waals surface area contributed by atoms with Crippen LogP contribution in [0.3, 0.4) is 0 Å². The van der Waals surface area contributed by atoms with Crippen molar-refractivity contribution in [1.82, 2.24) is 5.32 Å². The summed E-state index contributed by atoms with van der Waals surface area (Å²) in [6.45, 7) is 5.99. The third kappa shape index (κ3) is 3.25. The van der Waals surface area contributed by atoms with E-state index in [1.807, 2.05) is 7.05 Å². The number of rotatable bonds is 4. The van der Waals surface area contributed by atoms with Crippen LogP contribution in [-0.4, -0.2) is 7.05 Å². The fourth-order valence-corrected chi connectivity index (χ4v) is 2.74. The SMILES string of the molecule is C=C(C)CC(NC)c1ccc(Br)s1. The van der Waals surface area contributed by atoms with Crippen LogP contribution in [0.25, 0.3) is 0 Å². The second kappa shape index (κ2) is 4.94. The Morgan fingerprint density at radius 1 is 1.69 bits per heavy atom. The van der Waals surface area contributed by atoms with Crippen molar-refractivity contribution in [3.63, 3.8) is 0 Å². The molecule has 0 spiro atoms. The normalized spacial score (nSPS) is 12.8. The number of thiophene rings is 1. The van der Waals surface area contributed by atoms with Gasteiger partial charge in [-0.05, 0) is 48.5 Å². The summed E-state index contributed by atoms with van der Waals surface area (Å²) in [7, 11) is 1.99. The fourth-order valence-electron chi connectivity index (χ4n) is 1.21. The molecule has 0 aliphatic heterocycles. The van der Waals surface area contributed by atoms with Gasteiger partial charge in [-0.2, -0.15) is 0 Å². The molecule has 0 amide bonds. The molecule has 0 bridgehead atoms. The summed E-state index contributed by atoms with van der Waals surface area (Å²) < 4.78 is 1.18. The minimum atomic E-state index is 0.411. The van der Waals surface area contributed by atoms with Crippen LogP contribution in [0.5, 0.6) is 0 Å². The Bertz CT molecular complexity index is 293. The number of nitrogens with one attached hydrogen (secondary N) is 1. The molecule has 1 atom stereocenters. The average Bonchev–Trinajstić information content (AvgIpc) is 2.47. The summed E-state index contributed by atoms with van der Waals surface area (Å²) in [6.07, 6.45) is 1.00. The summed E-state index contributed by atoms with van der Waals surface area (Å²) in [6, 6.07) is 4.65. The maximum atomic E-state index is 3.93. The van der Waals surface area contributed by atoms with E-state index in [0.717, 1.165) is 6.42 Å². The van der Waals surface area contributed by atoms with E-state index in [-0.39, 0.29) is 0 Å². The van der Waals surface area contributed by atoms with E-state index in [4.69, 9.17) is 0 Å². The van der Waals surface area contributed by atoms with Gasteiger partial charge in [-0.3, -0.25) is 0 Å². The van der Waals surface area contributed by atoms with Crippen LogP contribution in [0.15, 0.2) is 28.1 Å². The molecule has 1 heterocycles. The lowest BCUT2D eigenvalue weighted by atomic mass is 10.1. The van der Waals surface area contributed by atoms with Gasteiger partial charge in [0, 0.05) is 10.9 Å². The zero-order chi connectivity index (χ0) is 9.84. The second-order valence-corrected chi connectivity index (χ2v) is 5.64. The lowest BCUT2D eigenvalue weighted by Gasteiger charge is -2.13. The first-order chi connectivity index (χ1) is 6.13. The topological polar surface area (TPSA) is 12.0 Å².